The van der Waals surface area contributed by atoms with Gasteiger partial charge in [-0.15, -0.1) is 0 Å². The Balaban J connectivity index is 1.93. The number of nitrogens with zero attached hydrogens (tertiary/aromatic N) is 2. The molecule has 0 saturated heterocycles. The minimum atomic E-state index is -4.78. The Morgan fingerprint density at radius 1 is 1.15 bits per heavy atom. The first-order valence-corrected chi connectivity index (χ1v) is 10.2. The summed E-state index contributed by atoms with van der Waals surface area (Å²) in [5.41, 5.74) is -0.509. The first-order valence-electron chi connectivity index (χ1n) is 9.44. The summed E-state index contributed by atoms with van der Waals surface area (Å²) in [4.78, 5) is 19.0. The standard InChI is InChI=1S/C22H16Cl2F3N3O4/c1-33-11-15(20(31)32)14-5-3-2-4-12(14)10-34-19-9-18(22(25,26)27)29-21(30-19)28-17-7-6-13(23)8-16(17)24/h2-9,11H,10H2,1H3,(H,31,32)(H,28,29,30). The molecule has 0 aliphatic heterocycles. The fraction of sp³-hybridized carbons (Fsp3) is 0.136. The highest BCUT2D eigenvalue weighted by Crippen LogP contribution is 2.33. The van der Waals surface area contributed by atoms with Gasteiger partial charge in [0.25, 0.3) is 0 Å². The monoisotopic (exact) mass is 513 g/mol. The maximum absolute atomic E-state index is 13.4. The summed E-state index contributed by atoms with van der Waals surface area (Å²) in [6.07, 6.45) is -3.73. The zero-order valence-electron chi connectivity index (χ0n) is 17.4. The lowest BCUT2D eigenvalue weighted by Gasteiger charge is -2.14. The topological polar surface area (TPSA) is 93.6 Å². The number of carbonyl (C=O) groups is 1. The third-order valence-electron chi connectivity index (χ3n) is 4.32. The minimum absolute atomic E-state index is 0.149. The zero-order valence-corrected chi connectivity index (χ0v) is 18.9. The van der Waals surface area contributed by atoms with Gasteiger partial charge in [0.2, 0.25) is 11.8 Å². The molecule has 0 radical (unpaired) electrons. The number of ether oxygens (including phenoxy) is 2. The number of carboxylic acids is 1. The Labute approximate surface area is 201 Å². The predicted octanol–water partition coefficient (Wildman–Crippen LogP) is 6.20. The van der Waals surface area contributed by atoms with Crippen molar-refractivity contribution in [3.8, 4) is 5.88 Å². The number of aromatic nitrogens is 2. The van der Waals surface area contributed by atoms with E-state index in [1.165, 1.54) is 31.4 Å². The fourth-order valence-electron chi connectivity index (χ4n) is 2.82. The van der Waals surface area contributed by atoms with Crippen LogP contribution in [0.3, 0.4) is 0 Å². The van der Waals surface area contributed by atoms with Crippen LogP contribution < -0.4 is 10.1 Å². The van der Waals surface area contributed by atoms with E-state index < -0.39 is 29.7 Å². The van der Waals surface area contributed by atoms with Gasteiger partial charge in [0.15, 0.2) is 5.69 Å². The van der Waals surface area contributed by atoms with Crippen LogP contribution in [0.4, 0.5) is 24.8 Å². The molecule has 0 aliphatic carbocycles. The minimum Gasteiger partial charge on any atom is -0.503 e. The van der Waals surface area contributed by atoms with Gasteiger partial charge in [0, 0.05) is 11.1 Å². The third kappa shape index (κ3) is 6.30. The van der Waals surface area contributed by atoms with Crippen molar-refractivity contribution in [2.45, 2.75) is 12.8 Å². The third-order valence-corrected chi connectivity index (χ3v) is 4.87. The summed E-state index contributed by atoms with van der Waals surface area (Å²) in [5, 5.41) is 12.6. The molecule has 0 unspecified atom stereocenters. The first kappa shape index (κ1) is 25.1. The van der Waals surface area contributed by atoms with Crippen molar-refractivity contribution < 1.29 is 32.5 Å². The number of alkyl halides is 3. The van der Waals surface area contributed by atoms with Crippen LogP contribution in [0, 0.1) is 0 Å². The molecule has 3 rings (SSSR count). The molecule has 7 nitrogen and oxygen atoms in total. The van der Waals surface area contributed by atoms with Crippen molar-refractivity contribution >= 4 is 46.4 Å². The number of benzene rings is 2. The van der Waals surface area contributed by atoms with Gasteiger partial charge >= 0.3 is 12.1 Å². The highest BCUT2D eigenvalue weighted by molar-refractivity contribution is 6.36. The number of rotatable bonds is 8. The zero-order chi connectivity index (χ0) is 24.9. The Bertz CT molecular complexity index is 1240. The van der Waals surface area contributed by atoms with Crippen LogP contribution in [0.25, 0.3) is 5.57 Å². The molecule has 1 aromatic heterocycles. The summed E-state index contributed by atoms with van der Waals surface area (Å²) >= 11 is 11.9. The predicted molar refractivity (Wildman–Crippen MR) is 120 cm³/mol. The Kier molecular flexibility index (Phi) is 7.85. The van der Waals surface area contributed by atoms with Crippen LogP contribution in [-0.2, 0) is 22.3 Å². The Morgan fingerprint density at radius 3 is 2.53 bits per heavy atom. The van der Waals surface area contributed by atoms with Gasteiger partial charge in [-0.3, -0.25) is 0 Å². The number of hydrogen-bond donors (Lipinski definition) is 2. The second-order valence-corrected chi connectivity index (χ2v) is 7.52. The molecule has 2 aromatic carbocycles. The van der Waals surface area contributed by atoms with E-state index in [4.69, 9.17) is 32.7 Å². The van der Waals surface area contributed by atoms with Crippen LogP contribution in [0.15, 0.2) is 54.8 Å². The van der Waals surface area contributed by atoms with E-state index in [1.807, 2.05) is 0 Å². The Hall–Kier alpha value is -3.50. The lowest BCUT2D eigenvalue weighted by atomic mass is 10.0. The molecule has 3 aromatic rings. The number of nitrogens with one attached hydrogen (secondary N) is 1. The van der Waals surface area contributed by atoms with Crippen molar-refractivity contribution in [3.05, 3.63) is 81.7 Å². The van der Waals surface area contributed by atoms with Crippen molar-refractivity contribution in [2.75, 3.05) is 12.4 Å². The molecule has 0 bridgehead atoms. The number of anilines is 2. The fourth-order valence-corrected chi connectivity index (χ4v) is 3.27. The van der Waals surface area contributed by atoms with E-state index in [9.17, 15) is 23.1 Å². The molecular formula is C22H16Cl2F3N3O4. The van der Waals surface area contributed by atoms with Crippen LogP contribution in [0.2, 0.25) is 10.0 Å². The first-order chi connectivity index (χ1) is 16.1. The second-order valence-electron chi connectivity index (χ2n) is 6.68. The van der Waals surface area contributed by atoms with Crippen LogP contribution in [0.5, 0.6) is 5.88 Å². The number of halogens is 5. The highest BCUT2D eigenvalue weighted by Gasteiger charge is 2.34. The lowest BCUT2D eigenvalue weighted by Crippen LogP contribution is -2.12. The second kappa shape index (κ2) is 10.6. The van der Waals surface area contributed by atoms with Crippen molar-refractivity contribution in [1.82, 2.24) is 9.97 Å². The average molecular weight is 514 g/mol. The quantitative estimate of drug-likeness (QED) is 0.273. The van der Waals surface area contributed by atoms with Gasteiger partial charge < -0.3 is 19.9 Å². The largest absolute Gasteiger partial charge is 0.503 e. The Morgan fingerprint density at radius 2 is 1.88 bits per heavy atom. The lowest BCUT2D eigenvalue weighted by molar-refractivity contribution is -0.141. The maximum Gasteiger partial charge on any atom is 0.433 e. The van der Waals surface area contributed by atoms with Crippen LogP contribution in [0.1, 0.15) is 16.8 Å². The van der Waals surface area contributed by atoms with Crippen molar-refractivity contribution in [3.63, 3.8) is 0 Å². The van der Waals surface area contributed by atoms with E-state index in [0.717, 1.165) is 6.26 Å². The normalized spacial score (nSPS) is 11.8. The van der Waals surface area contributed by atoms with E-state index >= 15 is 0 Å². The SMILES string of the molecule is COC=C(C(=O)O)c1ccccc1COc1cc(C(F)(F)F)nc(Nc2ccc(Cl)cc2Cl)n1. The number of aliphatic carboxylic acids is 1. The van der Waals surface area contributed by atoms with E-state index in [0.29, 0.717) is 16.7 Å². The molecule has 1 heterocycles. The maximum atomic E-state index is 13.4. The summed E-state index contributed by atoms with van der Waals surface area (Å²) in [7, 11) is 1.29. The summed E-state index contributed by atoms with van der Waals surface area (Å²) in [5.74, 6) is -2.05. The number of hydrogen-bond acceptors (Lipinski definition) is 6. The number of methoxy groups -OCH3 is 1. The van der Waals surface area contributed by atoms with Gasteiger partial charge in [-0.1, -0.05) is 47.5 Å². The van der Waals surface area contributed by atoms with Gasteiger partial charge in [0.05, 0.1) is 24.1 Å². The molecule has 12 heteroatoms. The molecule has 2 N–H and O–H groups in total. The van der Waals surface area contributed by atoms with Crippen LogP contribution in [-0.4, -0.2) is 28.2 Å². The number of carboxylic acid groups (broad SMARTS) is 1. The highest BCUT2D eigenvalue weighted by atomic mass is 35.5. The summed E-state index contributed by atoms with van der Waals surface area (Å²) in [6, 6.07) is 11.3. The smallest absolute Gasteiger partial charge is 0.433 e. The molecule has 0 saturated carbocycles. The van der Waals surface area contributed by atoms with E-state index in [1.54, 1.807) is 18.2 Å². The molecule has 0 spiro atoms. The molecule has 178 valence electrons. The molecule has 0 aliphatic rings. The van der Waals surface area contributed by atoms with Gasteiger partial charge in [-0.2, -0.15) is 18.2 Å². The summed E-state index contributed by atoms with van der Waals surface area (Å²) in [6.45, 7) is -0.278. The van der Waals surface area contributed by atoms with Gasteiger partial charge in [-0.25, -0.2) is 9.78 Å². The van der Waals surface area contributed by atoms with E-state index in [-0.39, 0.29) is 28.5 Å². The average Bonchev–Trinajstić information content (AvgIpc) is 2.77. The van der Waals surface area contributed by atoms with Gasteiger partial charge in [0.1, 0.15) is 12.2 Å². The molecule has 0 fully saturated rings. The molecular weight excluding hydrogens is 498 g/mol. The van der Waals surface area contributed by atoms with E-state index in [2.05, 4.69) is 15.3 Å². The molecule has 0 atom stereocenters. The molecule has 34 heavy (non-hydrogen) atoms. The van der Waals surface area contributed by atoms with Crippen molar-refractivity contribution in [1.29, 1.82) is 0 Å². The molecule has 0 amide bonds. The summed E-state index contributed by atoms with van der Waals surface area (Å²) < 4.78 is 50.6. The van der Waals surface area contributed by atoms with Gasteiger partial charge in [-0.05, 0) is 29.3 Å². The van der Waals surface area contributed by atoms with Crippen molar-refractivity contribution in [2.24, 2.45) is 0 Å². The van der Waals surface area contributed by atoms with Crippen LogP contribution >= 0.6 is 23.2 Å².